The lowest BCUT2D eigenvalue weighted by molar-refractivity contribution is -0.130. The molecule has 4 heteroatoms. The SMILES string of the molecule is CCCCCCCCCCCCC/C=C/CC(CO)NC(=O)C(O)CCCCCCCCCCCCCCCCCCCCCC. The summed E-state index contributed by atoms with van der Waals surface area (Å²) in [6.07, 6.45) is 47.3. The summed E-state index contributed by atoms with van der Waals surface area (Å²) in [4.78, 5) is 12.4. The molecule has 0 saturated heterocycles. The topological polar surface area (TPSA) is 69.6 Å². The van der Waals surface area contributed by atoms with Crippen LogP contribution in [0.4, 0.5) is 0 Å². The Hall–Kier alpha value is -0.870. The van der Waals surface area contributed by atoms with Crippen LogP contribution in [-0.2, 0) is 4.79 Å². The summed E-state index contributed by atoms with van der Waals surface area (Å²) in [6.45, 7) is 4.46. The van der Waals surface area contributed by atoms with Crippen LogP contribution in [0.15, 0.2) is 12.2 Å². The van der Waals surface area contributed by atoms with Gasteiger partial charge in [-0.15, -0.1) is 0 Å². The second-order valence-electron chi connectivity index (χ2n) is 14.4. The summed E-state index contributed by atoms with van der Waals surface area (Å²) < 4.78 is 0. The van der Waals surface area contributed by atoms with Crippen LogP contribution in [0.1, 0.15) is 232 Å². The molecule has 0 spiro atoms. The van der Waals surface area contributed by atoms with Crippen molar-refractivity contribution >= 4 is 5.91 Å². The lowest BCUT2D eigenvalue weighted by Gasteiger charge is -2.17. The van der Waals surface area contributed by atoms with Gasteiger partial charge in [0.05, 0.1) is 12.6 Å². The summed E-state index contributed by atoms with van der Waals surface area (Å²) in [7, 11) is 0. The number of aliphatic hydroxyl groups is 2. The molecule has 274 valence electrons. The molecule has 0 rings (SSSR count). The third kappa shape index (κ3) is 34.5. The quantitative estimate of drug-likeness (QED) is 0.0460. The number of hydrogen-bond acceptors (Lipinski definition) is 3. The minimum atomic E-state index is -0.968. The minimum absolute atomic E-state index is 0.0967. The highest BCUT2D eigenvalue weighted by Crippen LogP contribution is 2.16. The fourth-order valence-corrected chi connectivity index (χ4v) is 6.51. The van der Waals surface area contributed by atoms with Crippen LogP contribution in [0.25, 0.3) is 0 Å². The molecule has 0 aromatic rings. The Labute approximate surface area is 288 Å². The van der Waals surface area contributed by atoms with Gasteiger partial charge in [-0.1, -0.05) is 219 Å². The number of carbonyl (C=O) groups excluding carboxylic acids is 1. The summed E-state index contributed by atoms with van der Waals surface area (Å²) in [5.41, 5.74) is 0. The Morgan fingerprint density at radius 1 is 0.500 bits per heavy atom. The van der Waals surface area contributed by atoms with E-state index in [0.29, 0.717) is 12.8 Å². The molecule has 0 saturated carbocycles. The Morgan fingerprint density at radius 2 is 0.826 bits per heavy atom. The average molecular weight is 650 g/mol. The van der Waals surface area contributed by atoms with Crippen LogP contribution >= 0.6 is 0 Å². The van der Waals surface area contributed by atoms with E-state index in [0.717, 1.165) is 19.3 Å². The molecule has 0 radical (unpaired) electrons. The minimum Gasteiger partial charge on any atom is -0.394 e. The first-order chi connectivity index (χ1) is 22.7. The zero-order valence-corrected chi connectivity index (χ0v) is 31.4. The number of hydrogen-bond donors (Lipinski definition) is 3. The van der Waals surface area contributed by atoms with Crippen LogP contribution in [0.5, 0.6) is 0 Å². The number of nitrogens with one attached hydrogen (secondary N) is 1. The van der Waals surface area contributed by atoms with Crippen molar-refractivity contribution < 1.29 is 15.0 Å². The second kappa shape index (κ2) is 38.6. The molecule has 2 unspecified atom stereocenters. The molecule has 3 N–H and O–H groups in total. The standard InChI is InChI=1S/C42H83NO3/c1-3-5-7-9-11-13-15-17-19-20-21-22-23-24-26-28-30-32-34-36-38-41(45)42(46)43-40(39-44)37-35-33-31-29-27-25-18-16-14-12-10-8-6-4-2/h33,35,40-41,44-45H,3-32,34,36-39H2,1-2H3,(H,43,46)/b35-33+. The highest BCUT2D eigenvalue weighted by Gasteiger charge is 2.17. The molecule has 0 bridgehead atoms. The van der Waals surface area contributed by atoms with Gasteiger partial charge < -0.3 is 15.5 Å². The van der Waals surface area contributed by atoms with Crippen molar-refractivity contribution in [3.8, 4) is 0 Å². The van der Waals surface area contributed by atoms with Crippen molar-refractivity contribution in [2.45, 2.75) is 244 Å². The smallest absolute Gasteiger partial charge is 0.249 e. The van der Waals surface area contributed by atoms with Gasteiger partial charge in [-0.05, 0) is 25.7 Å². The Morgan fingerprint density at radius 3 is 1.17 bits per heavy atom. The van der Waals surface area contributed by atoms with Crippen LogP contribution in [0.2, 0.25) is 0 Å². The zero-order chi connectivity index (χ0) is 33.6. The van der Waals surface area contributed by atoms with Gasteiger partial charge in [0.25, 0.3) is 0 Å². The van der Waals surface area contributed by atoms with E-state index in [9.17, 15) is 15.0 Å². The summed E-state index contributed by atoms with van der Waals surface area (Å²) in [5.74, 6) is -0.337. The third-order valence-electron chi connectivity index (χ3n) is 9.76. The fraction of sp³-hybridized carbons (Fsp3) is 0.929. The number of rotatable bonds is 38. The molecule has 46 heavy (non-hydrogen) atoms. The van der Waals surface area contributed by atoms with Gasteiger partial charge in [-0.3, -0.25) is 4.79 Å². The highest BCUT2D eigenvalue weighted by atomic mass is 16.3. The molecular formula is C42H83NO3. The number of aliphatic hydroxyl groups excluding tert-OH is 2. The van der Waals surface area contributed by atoms with Crippen molar-refractivity contribution in [2.75, 3.05) is 6.61 Å². The van der Waals surface area contributed by atoms with E-state index in [2.05, 4.69) is 31.3 Å². The Balaban J connectivity index is 3.52. The number of allylic oxidation sites excluding steroid dienone is 1. The van der Waals surface area contributed by atoms with Gasteiger partial charge >= 0.3 is 0 Å². The summed E-state index contributed by atoms with van der Waals surface area (Å²) >= 11 is 0. The highest BCUT2D eigenvalue weighted by molar-refractivity contribution is 5.80. The molecule has 0 fully saturated rings. The zero-order valence-electron chi connectivity index (χ0n) is 31.4. The van der Waals surface area contributed by atoms with Crippen molar-refractivity contribution in [1.82, 2.24) is 5.32 Å². The van der Waals surface area contributed by atoms with E-state index in [-0.39, 0.29) is 18.6 Å². The Kier molecular flexibility index (Phi) is 37.8. The maximum absolute atomic E-state index is 12.4. The fourth-order valence-electron chi connectivity index (χ4n) is 6.51. The molecule has 0 aliphatic heterocycles. The molecule has 0 heterocycles. The first-order valence-corrected chi connectivity index (χ1v) is 20.9. The van der Waals surface area contributed by atoms with Gasteiger partial charge in [-0.25, -0.2) is 0 Å². The third-order valence-corrected chi connectivity index (χ3v) is 9.76. The molecule has 0 aliphatic rings. The summed E-state index contributed by atoms with van der Waals surface area (Å²) in [5, 5.41) is 22.8. The van der Waals surface area contributed by atoms with E-state index < -0.39 is 6.10 Å². The predicted molar refractivity (Wildman–Crippen MR) is 202 cm³/mol. The molecular weight excluding hydrogens is 566 g/mol. The lowest BCUT2D eigenvalue weighted by atomic mass is 10.0. The van der Waals surface area contributed by atoms with Crippen molar-refractivity contribution in [3.05, 3.63) is 12.2 Å². The first-order valence-electron chi connectivity index (χ1n) is 20.9. The molecule has 2 atom stereocenters. The van der Waals surface area contributed by atoms with Crippen LogP contribution < -0.4 is 5.32 Å². The van der Waals surface area contributed by atoms with Crippen LogP contribution in [0.3, 0.4) is 0 Å². The van der Waals surface area contributed by atoms with Crippen molar-refractivity contribution in [2.24, 2.45) is 0 Å². The largest absolute Gasteiger partial charge is 0.394 e. The maximum Gasteiger partial charge on any atom is 0.249 e. The maximum atomic E-state index is 12.4. The van der Waals surface area contributed by atoms with E-state index in [1.54, 1.807) is 0 Å². The number of carbonyl (C=O) groups is 1. The van der Waals surface area contributed by atoms with Crippen LogP contribution in [-0.4, -0.2) is 34.9 Å². The monoisotopic (exact) mass is 650 g/mol. The summed E-state index contributed by atoms with van der Waals surface area (Å²) in [6, 6.07) is -0.314. The average Bonchev–Trinajstić information content (AvgIpc) is 3.06. The van der Waals surface area contributed by atoms with Gasteiger partial charge in [0.2, 0.25) is 5.91 Å². The van der Waals surface area contributed by atoms with Gasteiger partial charge in [0.15, 0.2) is 0 Å². The lowest BCUT2D eigenvalue weighted by Crippen LogP contribution is -2.43. The van der Waals surface area contributed by atoms with E-state index in [4.69, 9.17) is 0 Å². The molecule has 0 aromatic heterocycles. The second-order valence-corrected chi connectivity index (χ2v) is 14.4. The normalized spacial score (nSPS) is 13.0. The van der Waals surface area contributed by atoms with Gasteiger partial charge in [-0.2, -0.15) is 0 Å². The van der Waals surface area contributed by atoms with E-state index in [1.165, 1.54) is 186 Å². The van der Waals surface area contributed by atoms with Crippen molar-refractivity contribution in [3.63, 3.8) is 0 Å². The molecule has 0 aromatic carbocycles. The van der Waals surface area contributed by atoms with Crippen molar-refractivity contribution in [1.29, 1.82) is 0 Å². The Bertz CT molecular complexity index is 622. The van der Waals surface area contributed by atoms with Gasteiger partial charge in [0, 0.05) is 0 Å². The van der Waals surface area contributed by atoms with E-state index in [1.807, 2.05) is 0 Å². The first kappa shape index (κ1) is 45.1. The number of unbranched alkanes of at least 4 members (excludes halogenated alkanes) is 30. The molecule has 1 amide bonds. The molecule has 0 aliphatic carbocycles. The molecule has 4 nitrogen and oxygen atoms in total. The predicted octanol–water partition coefficient (Wildman–Crippen LogP) is 12.7. The van der Waals surface area contributed by atoms with Crippen LogP contribution in [0, 0.1) is 0 Å². The number of amides is 1. The van der Waals surface area contributed by atoms with E-state index >= 15 is 0 Å². The van der Waals surface area contributed by atoms with Gasteiger partial charge in [0.1, 0.15) is 6.10 Å².